The second kappa shape index (κ2) is 13.4. The molecule has 0 spiro atoms. The van der Waals surface area contributed by atoms with E-state index in [0.717, 1.165) is 4.31 Å². The van der Waals surface area contributed by atoms with E-state index in [1.54, 1.807) is 38.1 Å². The lowest BCUT2D eigenvalue weighted by molar-refractivity contribution is -0.139. The van der Waals surface area contributed by atoms with Crippen molar-refractivity contribution in [1.29, 1.82) is 0 Å². The number of amides is 2. The van der Waals surface area contributed by atoms with E-state index in [4.69, 9.17) is 16.3 Å². The minimum absolute atomic E-state index is 0.0322. The summed E-state index contributed by atoms with van der Waals surface area (Å²) in [6, 6.07) is 16.5. The molecule has 3 rings (SSSR count). The zero-order chi connectivity index (χ0) is 28.6. The Labute approximate surface area is 233 Å². The molecular formula is C28H31ClFN3O5S. The van der Waals surface area contributed by atoms with Crippen molar-refractivity contribution in [3.8, 4) is 5.75 Å². The molecule has 0 aliphatic carbocycles. The van der Waals surface area contributed by atoms with Crippen molar-refractivity contribution in [2.75, 3.05) is 24.0 Å². The van der Waals surface area contributed by atoms with Crippen molar-refractivity contribution in [3.05, 3.63) is 89.2 Å². The molecule has 0 bridgehead atoms. The van der Waals surface area contributed by atoms with E-state index in [0.29, 0.717) is 29.5 Å². The van der Waals surface area contributed by atoms with Gasteiger partial charge in [-0.05, 0) is 87.0 Å². The summed E-state index contributed by atoms with van der Waals surface area (Å²) in [6.45, 7) is 5.30. The first kappa shape index (κ1) is 29.9. The number of rotatable bonds is 12. The quantitative estimate of drug-likeness (QED) is 0.340. The van der Waals surface area contributed by atoms with Gasteiger partial charge in [0.2, 0.25) is 11.8 Å². The van der Waals surface area contributed by atoms with Gasteiger partial charge in [0.1, 0.15) is 24.2 Å². The van der Waals surface area contributed by atoms with Crippen molar-refractivity contribution in [1.82, 2.24) is 10.2 Å². The number of nitrogens with zero attached hydrogens (tertiary/aromatic N) is 2. The van der Waals surface area contributed by atoms with Gasteiger partial charge in [0.05, 0.1) is 17.2 Å². The molecule has 0 aliphatic rings. The predicted molar refractivity (Wildman–Crippen MR) is 149 cm³/mol. The highest BCUT2D eigenvalue weighted by atomic mass is 35.5. The standard InChI is InChI=1S/C28H31ClFN3O5S/c1-4-31-28(35)20(3)32(18-21-6-10-23(30)11-7-21)27(34)19-33(24-12-14-25(15-13-24)38-5-2)39(36,37)26-16-8-22(29)9-17-26/h6-17,20H,4-5,18-19H2,1-3H3,(H,31,35)/t20-/m0/s1. The van der Waals surface area contributed by atoms with Gasteiger partial charge in [0.25, 0.3) is 10.0 Å². The topological polar surface area (TPSA) is 96.0 Å². The zero-order valence-electron chi connectivity index (χ0n) is 21.9. The first-order valence-corrected chi connectivity index (χ1v) is 14.2. The van der Waals surface area contributed by atoms with Crippen molar-refractivity contribution in [3.63, 3.8) is 0 Å². The van der Waals surface area contributed by atoms with Crippen molar-refractivity contribution >= 4 is 39.1 Å². The Balaban J connectivity index is 2.02. The summed E-state index contributed by atoms with van der Waals surface area (Å²) in [6.07, 6.45) is 0. The van der Waals surface area contributed by atoms with Gasteiger partial charge in [0, 0.05) is 18.1 Å². The van der Waals surface area contributed by atoms with Crippen LogP contribution in [-0.2, 0) is 26.2 Å². The molecule has 2 amide bonds. The summed E-state index contributed by atoms with van der Waals surface area (Å²) in [5.41, 5.74) is 0.809. The third-order valence-electron chi connectivity index (χ3n) is 5.90. The zero-order valence-corrected chi connectivity index (χ0v) is 23.5. The van der Waals surface area contributed by atoms with E-state index in [9.17, 15) is 22.4 Å². The Kier molecular flexibility index (Phi) is 10.3. The molecule has 0 saturated heterocycles. The number of hydrogen-bond donors (Lipinski definition) is 1. The number of ether oxygens (including phenoxy) is 1. The molecule has 0 radical (unpaired) electrons. The van der Waals surface area contributed by atoms with Crippen molar-refractivity contribution in [2.24, 2.45) is 0 Å². The van der Waals surface area contributed by atoms with Crippen LogP contribution < -0.4 is 14.4 Å². The van der Waals surface area contributed by atoms with E-state index in [2.05, 4.69) is 5.32 Å². The van der Waals surface area contributed by atoms with Crippen LogP contribution >= 0.6 is 11.6 Å². The number of carbonyl (C=O) groups is 2. The minimum Gasteiger partial charge on any atom is -0.494 e. The molecule has 3 aromatic carbocycles. The van der Waals surface area contributed by atoms with E-state index < -0.39 is 40.2 Å². The average Bonchev–Trinajstić information content (AvgIpc) is 2.92. The van der Waals surface area contributed by atoms with Gasteiger partial charge in [-0.15, -0.1) is 0 Å². The molecule has 0 unspecified atom stereocenters. The monoisotopic (exact) mass is 575 g/mol. The molecule has 39 heavy (non-hydrogen) atoms. The summed E-state index contributed by atoms with van der Waals surface area (Å²) < 4.78 is 47.5. The van der Waals surface area contributed by atoms with Crippen LogP contribution in [0.4, 0.5) is 10.1 Å². The summed E-state index contributed by atoms with van der Waals surface area (Å²) in [5.74, 6) is -0.922. The Bertz CT molecular complexity index is 1370. The van der Waals surface area contributed by atoms with Crippen LogP contribution in [0.5, 0.6) is 5.75 Å². The number of nitrogens with one attached hydrogen (secondary N) is 1. The molecule has 1 atom stereocenters. The van der Waals surface area contributed by atoms with E-state index in [1.807, 2.05) is 6.92 Å². The molecule has 8 nitrogen and oxygen atoms in total. The fourth-order valence-corrected chi connectivity index (χ4v) is 5.37. The van der Waals surface area contributed by atoms with Crippen LogP contribution in [0.2, 0.25) is 5.02 Å². The number of likely N-dealkylation sites (N-methyl/N-ethyl adjacent to an activating group) is 1. The van der Waals surface area contributed by atoms with Crippen LogP contribution in [-0.4, -0.2) is 50.9 Å². The Morgan fingerprint density at radius 3 is 2.15 bits per heavy atom. The maximum atomic E-state index is 13.8. The second-order valence-electron chi connectivity index (χ2n) is 8.61. The molecule has 3 aromatic rings. The van der Waals surface area contributed by atoms with Gasteiger partial charge >= 0.3 is 0 Å². The smallest absolute Gasteiger partial charge is 0.264 e. The SMILES string of the molecule is CCNC(=O)[C@H](C)N(Cc1ccc(F)cc1)C(=O)CN(c1ccc(OCC)cc1)S(=O)(=O)c1ccc(Cl)cc1. The molecule has 0 aliphatic heterocycles. The van der Waals surface area contributed by atoms with Gasteiger partial charge in [-0.1, -0.05) is 23.7 Å². The normalized spacial score (nSPS) is 11.9. The Morgan fingerprint density at radius 1 is 0.974 bits per heavy atom. The van der Waals surface area contributed by atoms with Crippen molar-refractivity contribution in [2.45, 2.75) is 38.3 Å². The second-order valence-corrected chi connectivity index (χ2v) is 10.9. The summed E-state index contributed by atoms with van der Waals surface area (Å²) in [4.78, 5) is 27.7. The van der Waals surface area contributed by atoms with Crippen LogP contribution in [0.15, 0.2) is 77.7 Å². The van der Waals surface area contributed by atoms with Gasteiger partial charge < -0.3 is 15.0 Å². The Morgan fingerprint density at radius 2 is 1.59 bits per heavy atom. The third-order valence-corrected chi connectivity index (χ3v) is 7.94. The molecular weight excluding hydrogens is 545 g/mol. The summed E-state index contributed by atoms with van der Waals surface area (Å²) >= 11 is 5.96. The number of halogens is 2. The van der Waals surface area contributed by atoms with Gasteiger partial charge in [-0.2, -0.15) is 0 Å². The van der Waals surface area contributed by atoms with Gasteiger partial charge in [0.15, 0.2) is 0 Å². The van der Waals surface area contributed by atoms with E-state index in [1.165, 1.54) is 53.4 Å². The fraction of sp³-hybridized carbons (Fsp3) is 0.286. The highest BCUT2D eigenvalue weighted by Crippen LogP contribution is 2.27. The maximum absolute atomic E-state index is 13.8. The average molecular weight is 576 g/mol. The van der Waals surface area contributed by atoms with E-state index in [-0.39, 0.29) is 17.1 Å². The highest BCUT2D eigenvalue weighted by molar-refractivity contribution is 7.92. The van der Waals surface area contributed by atoms with Crippen LogP contribution in [0.3, 0.4) is 0 Å². The largest absolute Gasteiger partial charge is 0.494 e. The van der Waals surface area contributed by atoms with Crippen molar-refractivity contribution < 1.29 is 27.1 Å². The number of anilines is 1. The lowest BCUT2D eigenvalue weighted by Gasteiger charge is -2.32. The number of benzene rings is 3. The third kappa shape index (κ3) is 7.70. The molecule has 11 heteroatoms. The van der Waals surface area contributed by atoms with Gasteiger partial charge in [-0.25, -0.2) is 12.8 Å². The fourth-order valence-electron chi connectivity index (χ4n) is 3.83. The van der Waals surface area contributed by atoms with Gasteiger partial charge in [-0.3, -0.25) is 13.9 Å². The molecule has 0 fully saturated rings. The molecule has 0 saturated carbocycles. The molecule has 1 N–H and O–H groups in total. The lowest BCUT2D eigenvalue weighted by Crippen LogP contribution is -2.51. The highest BCUT2D eigenvalue weighted by Gasteiger charge is 2.32. The van der Waals surface area contributed by atoms with Crippen LogP contribution in [0, 0.1) is 5.82 Å². The number of hydrogen-bond acceptors (Lipinski definition) is 5. The predicted octanol–water partition coefficient (Wildman–Crippen LogP) is 4.63. The number of sulfonamides is 1. The lowest BCUT2D eigenvalue weighted by atomic mass is 10.1. The maximum Gasteiger partial charge on any atom is 0.264 e. The number of carbonyl (C=O) groups excluding carboxylic acids is 2. The van der Waals surface area contributed by atoms with Crippen LogP contribution in [0.25, 0.3) is 0 Å². The molecule has 0 heterocycles. The summed E-state index contributed by atoms with van der Waals surface area (Å²) in [7, 11) is -4.22. The molecule has 0 aromatic heterocycles. The van der Waals surface area contributed by atoms with E-state index >= 15 is 0 Å². The van der Waals surface area contributed by atoms with Crippen LogP contribution in [0.1, 0.15) is 26.3 Å². The molecule has 208 valence electrons. The minimum atomic E-state index is -4.22. The first-order chi connectivity index (χ1) is 18.6. The first-order valence-electron chi connectivity index (χ1n) is 12.4. The summed E-state index contributed by atoms with van der Waals surface area (Å²) in [5, 5.41) is 3.05. The Hall–Kier alpha value is -3.63.